The molecule has 0 amide bonds. The molecule has 3 rings (SSSR count). The minimum atomic E-state index is -0.571. The summed E-state index contributed by atoms with van der Waals surface area (Å²) >= 11 is 0. The summed E-state index contributed by atoms with van der Waals surface area (Å²) in [5.41, 5.74) is 0.730. The Kier molecular flexibility index (Phi) is 7.07. The number of hydrogen-bond donors (Lipinski definition) is 1. The smallest absolute Gasteiger partial charge is 0.311 e. The molecule has 9 heteroatoms. The fourth-order valence-corrected chi connectivity index (χ4v) is 3.24. The van der Waals surface area contributed by atoms with Crippen LogP contribution >= 0.6 is 12.4 Å². The highest BCUT2D eigenvalue weighted by Crippen LogP contribution is 2.36. The van der Waals surface area contributed by atoms with Gasteiger partial charge in [-0.2, -0.15) is 0 Å². The average Bonchev–Trinajstić information content (AvgIpc) is 2.67. The number of benzene rings is 2. The second-order valence-corrected chi connectivity index (χ2v) is 6.97. The number of fused-ring (bicyclic) bond motifs is 1. The lowest BCUT2D eigenvalue weighted by molar-refractivity contribution is -0.385. The summed E-state index contributed by atoms with van der Waals surface area (Å²) in [5.74, 6) is 0.0758. The first-order valence-electron chi connectivity index (χ1n) is 9.11. The molecule has 0 radical (unpaired) electrons. The molecule has 0 atom stereocenters. The summed E-state index contributed by atoms with van der Waals surface area (Å²) in [6, 6.07) is 7.40. The molecule has 0 bridgehead atoms. The van der Waals surface area contributed by atoms with Gasteiger partial charge in [0, 0.05) is 12.6 Å². The van der Waals surface area contributed by atoms with Crippen LogP contribution in [-0.2, 0) is 13.0 Å². The molecule has 1 heterocycles. The number of phenols is 1. The molecule has 0 unspecified atom stereocenters. The number of nitro benzene ring substituents is 1. The van der Waals surface area contributed by atoms with Crippen LogP contribution in [0.1, 0.15) is 23.8 Å². The maximum Gasteiger partial charge on any atom is 0.311 e. The van der Waals surface area contributed by atoms with Gasteiger partial charge < -0.3 is 19.2 Å². The first-order chi connectivity index (χ1) is 13.7. The number of ether oxygens (including phenoxy) is 1. The zero-order valence-electron chi connectivity index (χ0n) is 17.1. The van der Waals surface area contributed by atoms with Crippen molar-refractivity contribution >= 4 is 29.1 Å². The van der Waals surface area contributed by atoms with E-state index in [-0.39, 0.29) is 41.1 Å². The minimum Gasteiger partial charge on any atom is -0.507 e. The van der Waals surface area contributed by atoms with Crippen LogP contribution in [0.3, 0.4) is 0 Å². The third kappa shape index (κ3) is 4.24. The van der Waals surface area contributed by atoms with E-state index in [1.807, 2.05) is 25.9 Å². The molecule has 160 valence electrons. The van der Waals surface area contributed by atoms with E-state index in [0.29, 0.717) is 35.1 Å². The maximum atomic E-state index is 13.3. The number of rotatable bonds is 6. The second-order valence-electron chi connectivity index (χ2n) is 6.97. The Hall–Kier alpha value is -3.10. The lowest BCUT2D eigenvalue weighted by atomic mass is 10.0. The van der Waals surface area contributed by atoms with Crippen LogP contribution in [0, 0.1) is 17.0 Å². The van der Waals surface area contributed by atoms with Crippen LogP contribution in [-0.4, -0.2) is 29.0 Å². The summed E-state index contributed by atoms with van der Waals surface area (Å²) in [6.07, 6.45) is 0.491. The Morgan fingerprint density at radius 3 is 2.53 bits per heavy atom. The molecule has 1 aromatic heterocycles. The molecule has 2 aromatic carbocycles. The number of aryl methyl sites for hydroxylation is 2. The zero-order chi connectivity index (χ0) is 21.3. The normalized spacial score (nSPS) is 10.8. The Balaban J connectivity index is 0.00000320. The number of hydrogen-bond acceptors (Lipinski definition) is 7. The van der Waals surface area contributed by atoms with Gasteiger partial charge in [-0.25, -0.2) is 0 Å². The molecule has 30 heavy (non-hydrogen) atoms. The number of nitrogens with zero attached hydrogens (tertiary/aromatic N) is 2. The minimum absolute atomic E-state index is 0. The lowest BCUT2D eigenvalue weighted by Gasteiger charge is -2.17. The molecule has 0 aliphatic heterocycles. The van der Waals surface area contributed by atoms with Crippen LogP contribution in [0.15, 0.2) is 39.5 Å². The summed E-state index contributed by atoms with van der Waals surface area (Å²) in [4.78, 5) is 25.9. The number of aromatic hydroxyl groups is 1. The maximum absolute atomic E-state index is 13.3. The average molecular weight is 435 g/mol. The first kappa shape index (κ1) is 23.2. The SMILES string of the molecule is CCc1cc(O)c(CN(C)C)c2oc(C)c(Oc3ccccc3[N+](=O)[O-])c(=O)c12.Cl. The fraction of sp³-hybridized carbons (Fsp3) is 0.286. The Morgan fingerprint density at radius 2 is 1.93 bits per heavy atom. The molecule has 8 nitrogen and oxygen atoms in total. The zero-order valence-corrected chi connectivity index (χ0v) is 17.9. The predicted molar refractivity (Wildman–Crippen MR) is 116 cm³/mol. The third-order valence-corrected chi connectivity index (χ3v) is 4.58. The van der Waals surface area contributed by atoms with E-state index in [1.54, 1.807) is 19.1 Å². The van der Waals surface area contributed by atoms with Gasteiger partial charge in [-0.1, -0.05) is 19.1 Å². The van der Waals surface area contributed by atoms with Gasteiger partial charge in [0.25, 0.3) is 0 Å². The highest BCUT2D eigenvalue weighted by atomic mass is 35.5. The highest BCUT2D eigenvalue weighted by Gasteiger charge is 2.23. The van der Waals surface area contributed by atoms with Crippen molar-refractivity contribution in [2.45, 2.75) is 26.8 Å². The van der Waals surface area contributed by atoms with E-state index >= 15 is 0 Å². The van der Waals surface area contributed by atoms with Crippen molar-refractivity contribution in [3.63, 3.8) is 0 Å². The molecule has 0 saturated carbocycles. The van der Waals surface area contributed by atoms with E-state index in [2.05, 4.69) is 0 Å². The number of halogens is 1. The second kappa shape index (κ2) is 9.15. The van der Waals surface area contributed by atoms with E-state index in [1.165, 1.54) is 18.2 Å². The van der Waals surface area contributed by atoms with Crippen LogP contribution in [0.5, 0.6) is 17.2 Å². The van der Waals surface area contributed by atoms with Gasteiger partial charge in [0.1, 0.15) is 17.1 Å². The van der Waals surface area contributed by atoms with Crippen molar-refractivity contribution in [2.75, 3.05) is 14.1 Å². The van der Waals surface area contributed by atoms with Crippen molar-refractivity contribution in [1.29, 1.82) is 0 Å². The Bertz CT molecular complexity index is 1160. The molecular formula is C21H23ClN2O6. The van der Waals surface area contributed by atoms with Gasteiger partial charge in [0.05, 0.1) is 15.9 Å². The topological polar surface area (TPSA) is 106 Å². The summed E-state index contributed by atoms with van der Waals surface area (Å²) in [5, 5.41) is 22.0. The molecule has 0 aliphatic carbocycles. The van der Waals surface area contributed by atoms with Crippen molar-refractivity contribution in [2.24, 2.45) is 0 Å². The van der Waals surface area contributed by atoms with Gasteiger partial charge in [-0.3, -0.25) is 14.9 Å². The number of para-hydroxylation sites is 2. The van der Waals surface area contributed by atoms with Gasteiger partial charge in [0.15, 0.2) is 0 Å². The summed E-state index contributed by atoms with van der Waals surface area (Å²) in [7, 11) is 3.69. The fourth-order valence-electron chi connectivity index (χ4n) is 3.24. The molecule has 3 aromatic rings. The molecular weight excluding hydrogens is 412 g/mol. The summed E-state index contributed by atoms with van der Waals surface area (Å²) < 4.78 is 11.6. The van der Waals surface area contributed by atoms with Crippen LogP contribution < -0.4 is 10.2 Å². The van der Waals surface area contributed by atoms with Gasteiger partial charge in [-0.05, 0) is 45.1 Å². The highest BCUT2D eigenvalue weighted by molar-refractivity contribution is 5.87. The van der Waals surface area contributed by atoms with Crippen molar-refractivity contribution in [3.8, 4) is 17.2 Å². The van der Waals surface area contributed by atoms with Crippen molar-refractivity contribution in [3.05, 3.63) is 67.6 Å². The molecule has 1 N–H and O–H groups in total. The van der Waals surface area contributed by atoms with Crippen LogP contribution in [0.25, 0.3) is 11.0 Å². The molecule has 0 saturated heterocycles. The molecule has 0 aliphatic rings. The van der Waals surface area contributed by atoms with E-state index in [0.717, 1.165) is 0 Å². The Morgan fingerprint density at radius 1 is 1.27 bits per heavy atom. The lowest BCUT2D eigenvalue weighted by Crippen LogP contribution is -2.15. The number of nitro groups is 1. The molecule has 0 fully saturated rings. The van der Waals surface area contributed by atoms with Crippen molar-refractivity contribution in [1.82, 2.24) is 4.90 Å². The Labute approximate surface area is 179 Å². The van der Waals surface area contributed by atoms with Crippen LogP contribution in [0.4, 0.5) is 5.69 Å². The van der Waals surface area contributed by atoms with Gasteiger partial charge in [0.2, 0.25) is 16.9 Å². The van der Waals surface area contributed by atoms with Gasteiger partial charge >= 0.3 is 5.69 Å². The van der Waals surface area contributed by atoms with Crippen molar-refractivity contribution < 1.29 is 19.2 Å². The third-order valence-electron chi connectivity index (χ3n) is 4.58. The first-order valence-corrected chi connectivity index (χ1v) is 9.11. The quantitative estimate of drug-likeness (QED) is 0.448. The standard InChI is InChI=1S/C21H22N2O6.ClH/c1-5-13-10-16(24)14(11-22(3)4)21-18(13)19(25)20(12(2)28-21)29-17-9-7-6-8-15(17)23(26)27;/h6-10,24H,5,11H2,1-4H3;1H. The largest absolute Gasteiger partial charge is 0.507 e. The van der Waals surface area contributed by atoms with Gasteiger partial charge in [-0.15, -0.1) is 12.4 Å². The summed E-state index contributed by atoms with van der Waals surface area (Å²) in [6.45, 7) is 3.79. The number of phenolic OH excluding ortho intramolecular Hbond substituents is 1. The van der Waals surface area contributed by atoms with E-state index in [9.17, 15) is 20.0 Å². The van der Waals surface area contributed by atoms with E-state index in [4.69, 9.17) is 9.15 Å². The van der Waals surface area contributed by atoms with Crippen LogP contribution in [0.2, 0.25) is 0 Å². The monoisotopic (exact) mass is 434 g/mol. The van der Waals surface area contributed by atoms with E-state index < -0.39 is 10.4 Å². The predicted octanol–water partition coefficient (Wildman–Crippen LogP) is 4.55. The molecule has 0 spiro atoms.